The molecule has 2 aromatic carbocycles. The molecule has 0 radical (unpaired) electrons. The Morgan fingerprint density at radius 3 is 2.22 bits per heavy atom. The molecule has 6 heteroatoms. The Bertz CT molecular complexity index is 901. The number of carbonyl (C=O) groups excluding carboxylic acids is 2. The number of carbonyl (C=O) groups is 2. The summed E-state index contributed by atoms with van der Waals surface area (Å²) in [6.07, 6.45) is 0. The minimum Gasteiger partial charge on any atom is -0.497 e. The minimum atomic E-state index is -0.650. The number of benzene rings is 2. The van der Waals surface area contributed by atoms with Crippen molar-refractivity contribution in [1.82, 2.24) is 10.2 Å². The maximum atomic E-state index is 13.1. The summed E-state index contributed by atoms with van der Waals surface area (Å²) in [6.45, 7) is 12.1. The molecule has 174 valence electrons. The normalized spacial score (nSPS) is 12.2. The molecular formula is C26H36N2O4. The molecule has 0 fully saturated rings. The van der Waals surface area contributed by atoms with Crippen LogP contribution in [0.1, 0.15) is 52.7 Å². The van der Waals surface area contributed by atoms with E-state index in [0.29, 0.717) is 11.5 Å². The third-order valence-corrected chi connectivity index (χ3v) is 5.17. The third kappa shape index (κ3) is 7.29. The summed E-state index contributed by atoms with van der Waals surface area (Å²) in [5.41, 5.74) is 2.10. The molecular weight excluding hydrogens is 404 g/mol. The van der Waals surface area contributed by atoms with Crippen LogP contribution in [-0.4, -0.2) is 42.5 Å². The third-order valence-electron chi connectivity index (χ3n) is 5.17. The Labute approximate surface area is 191 Å². The van der Waals surface area contributed by atoms with Gasteiger partial charge < -0.3 is 19.7 Å². The van der Waals surface area contributed by atoms with Crippen molar-refractivity contribution < 1.29 is 19.1 Å². The quantitative estimate of drug-likeness (QED) is 0.631. The predicted molar refractivity (Wildman–Crippen MR) is 127 cm³/mol. The summed E-state index contributed by atoms with van der Waals surface area (Å²) >= 11 is 0. The van der Waals surface area contributed by atoms with Gasteiger partial charge in [0.25, 0.3) is 5.91 Å². The monoisotopic (exact) mass is 440 g/mol. The molecule has 0 saturated heterocycles. The van der Waals surface area contributed by atoms with Gasteiger partial charge in [0.1, 0.15) is 17.5 Å². The number of hydrogen-bond acceptors (Lipinski definition) is 4. The molecule has 32 heavy (non-hydrogen) atoms. The van der Waals surface area contributed by atoms with E-state index in [0.717, 1.165) is 5.56 Å². The van der Waals surface area contributed by atoms with Crippen LogP contribution in [-0.2, 0) is 21.5 Å². The lowest BCUT2D eigenvalue weighted by atomic mass is 9.87. The van der Waals surface area contributed by atoms with Crippen LogP contribution in [0.4, 0.5) is 0 Å². The molecule has 2 rings (SSSR count). The highest BCUT2D eigenvalue weighted by Crippen LogP contribution is 2.24. The average molecular weight is 441 g/mol. The van der Waals surface area contributed by atoms with Crippen molar-refractivity contribution in [2.75, 3.05) is 13.7 Å². The maximum absolute atomic E-state index is 13.1. The van der Waals surface area contributed by atoms with E-state index < -0.39 is 6.04 Å². The minimum absolute atomic E-state index is 0.0173. The Balaban J connectivity index is 2.16. The van der Waals surface area contributed by atoms with Crippen LogP contribution >= 0.6 is 0 Å². The lowest BCUT2D eigenvalue weighted by Crippen LogP contribution is -2.50. The number of ether oxygens (including phenoxy) is 2. The van der Waals surface area contributed by atoms with Crippen LogP contribution in [0.5, 0.6) is 11.5 Å². The first-order valence-electron chi connectivity index (χ1n) is 11.0. The zero-order valence-corrected chi connectivity index (χ0v) is 20.3. The predicted octanol–water partition coefficient (Wildman–Crippen LogP) is 4.31. The molecule has 0 aliphatic heterocycles. The number of rotatable bonds is 9. The summed E-state index contributed by atoms with van der Waals surface area (Å²) in [5, 5.41) is 2.88. The van der Waals surface area contributed by atoms with Crippen LogP contribution in [0.25, 0.3) is 0 Å². The van der Waals surface area contributed by atoms with E-state index in [2.05, 4.69) is 26.1 Å². The van der Waals surface area contributed by atoms with Gasteiger partial charge in [-0.1, -0.05) is 45.0 Å². The van der Waals surface area contributed by atoms with Crippen LogP contribution in [0.15, 0.2) is 48.5 Å². The fraction of sp³-hybridized carbons (Fsp3) is 0.462. The smallest absolute Gasteiger partial charge is 0.261 e. The van der Waals surface area contributed by atoms with Crippen LogP contribution < -0.4 is 14.8 Å². The fourth-order valence-corrected chi connectivity index (χ4v) is 3.23. The van der Waals surface area contributed by atoms with Crippen LogP contribution in [0.2, 0.25) is 0 Å². The molecule has 6 nitrogen and oxygen atoms in total. The van der Waals surface area contributed by atoms with Gasteiger partial charge in [-0.25, -0.2) is 0 Å². The van der Waals surface area contributed by atoms with Gasteiger partial charge in [0.05, 0.1) is 7.11 Å². The Morgan fingerprint density at radius 2 is 1.66 bits per heavy atom. The summed E-state index contributed by atoms with van der Waals surface area (Å²) in [7, 11) is 1.60. The fourth-order valence-electron chi connectivity index (χ4n) is 3.23. The highest BCUT2D eigenvalue weighted by Gasteiger charge is 2.27. The summed E-state index contributed by atoms with van der Waals surface area (Å²) in [6, 6.07) is 14.6. The van der Waals surface area contributed by atoms with E-state index in [1.54, 1.807) is 14.0 Å². The molecule has 2 amide bonds. The number of hydrogen-bond donors (Lipinski definition) is 1. The lowest BCUT2D eigenvalue weighted by Gasteiger charge is -2.29. The average Bonchev–Trinajstić information content (AvgIpc) is 2.74. The molecule has 0 saturated carbocycles. The first kappa shape index (κ1) is 25.2. The van der Waals surface area contributed by atoms with Gasteiger partial charge in [0.2, 0.25) is 5.91 Å². The van der Waals surface area contributed by atoms with Gasteiger partial charge in [0.15, 0.2) is 6.61 Å². The first-order chi connectivity index (χ1) is 15.0. The second-order valence-electron chi connectivity index (χ2n) is 9.28. The Morgan fingerprint density at radius 1 is 1.00 bits per heavy atom. The Kier molecular flexibility index (Phi) is 8.70. The van der Waals surface area contributed by atoms with E-state index in [4.69, 9.17) is 9.47 Å². The van der Waals surface area contributed by atoms with Crippen LogP contribution in [0.3, 0.4) is 0 Å². The summed E-state index contributed by atoms with van der Waals surface area (Å²) < 4.78 is 11.1. The van der Waals surface area contributed by atoms with E-state index in [1.165, 1.54) is 10.5 Å². The summed E-state index contributed by atoms with van der Waals surface area (Å²) in [4.78, 5) is 27.3. The van der Waals surface area contributed by atoms with Crippen molar-refractivity contribution >= 4 is 11.8 Å². The maximum Gasteiger partial charge on any atom is 0.261 e. The highest BCUT2D eigenvalue weighted by molar-refractivity contribution is 5.88. The topological polar surface area (TPSA) is 67.9 Å². The largest absolute Gasteiger partial charge is 0.497 e. The molecule has 0 heterocycles. The first-order valence-corrected chi connectivity index (χ1v) is 11.0. The van der Waals surface area contributed by atoms with Gasteiger partial charge in [-0.05, 0) is 61.6 Å². The molecule has 0 aliphatic carbocycles. The SMILES string of the molecule is COc1cccc(CN(C(=O)COc2ccc(C(C)(C)C)cc2)[C@@H](C)C(=O)NC(C)C)c1. The summed E-state index contributed by atoms with van der Waals surface area (Å²) in [5.74, 6) is 0.848. The second-order valence-corrected chi connectivity index (χ2v) is 9.28. The molecule has 2 aromatic rings. The number of amides is 2. The van der Waals surface area contributed by atoms with Gasteiger partial charge in [-0.2, -0.15) is 0 Å². The number of nitrogens with one attached hydrogen (secondary N) is 1. The number of methoxy groups -OCH3 is 1. The van der Waals surface area contributed by atoms with E-state index in [1.807, 2.05) is 62.4 Å². The molecule has 0 spiro atoms. The zero-order chi connectivity index (χ0) is 23.9. The van der Waals surface area contributed by atoms with Gasteiger partial charge >= 0.3 is 0 Å². The molecule has 0 aromatic heterocycles. The van der Waals surface area contributed by atoms with Gasteiger partial charge in [-0.15, -0.1) is 0 Å². The highest BCUT2D eigenvalue weighted by atomic mass is 16.5. The van der Waals surface area contributed by atoms with E-state index >= 15 is 0 Å². The molecule has 0 unspecified atom stereocenters. The van der Waals surface area contributed by atoms with Crippen molar-refractivity contribution in [2.45, 2.75) is 65.6 Å². The van der Waals surface area contributed by atoms with Gasteiger partial charge in [-0.3, -0.25) is 9.59 Å². The van der Waals surface area contributed by atoms with Gasteiger partial charge in [0, 0.05) is 12.6 Å². The standard InChI is InChI=1S/C26H36N2O4/c1-18(2)27-25(30)19(3)28(16-20-9-8-10-23(15-20)31-7)24(29)17-32-22-13-11-21(12-14-22)26(4,5)6/h8-15,18-19H,16-17H2,1-7H3,(H,27,30)/t19-/m0/s1. The zero-order valence-electron chi connectivity index (χ0n) is 20.3. The van der Waals surface area contributed by atoms with E-state index in [-0.39, 0.29) is 36.4 Å². The molecule has 0 aliphatic rings. The molecule has 1 atom stereocenters. The molecule has 0 bridgehead atoms. The number of nitrogens with zero attached hydrogens (tertiary/aromatic N) is 1. The lowest BCUT2D eigenvalue weighted by molar-refractivity contribution is -0.142. The van der Waals surface area contributed by atoms with E-state index in [9.17, 15) is 9.59 Å². The van der Waals surface area contributed by atoms with Crippen molar-refractivity contribution in [1.29, 1.82) is 0 Å². The van der Waals surface area contributed by atoms with Crippen molar-refractivity contribution in [3.05, 3.63) is 59.7 Å². The molecule has 1 N–H and O–H groups in total. The van der Waals surface area contributed by atoms with Crippen molar-refractivity contribution in [3.8, 4) is 11.5 Å². The van der Waals surface area contributed by atoms with Crippen LogP contribution in [0, 0.1) is 0 Å². The van der Waals surface area contributed by atoms with Crippen molar-refractivity contribution in [3.63, 3.8) is 0 Å². The second kappa shape index (κ2) is 11.0. The van der Waals surface area contributed by atoms with Crippen molar-refractivity contribution in [2.24, 2.45) is 0 Å². The Hall–Kier alpha value is -3.02.